The second-order valence-electron chi connectivity index (χ2n) is 9.44. The lowest BCUT2D eigenvalue weighted by Gasteiger charge is -2.23. The maximum Gasteiger partial charge on any atom is 0.337 e. The smallest absolute Gasteiger partial charge is 0.337 e. The number of ether oxygens (including phenoxy) is 4. The Labute approximate surface area is 266 Å². The largest absolute Gasteiger partial charge is 0.490 e. The fourth-order valence-electron chi connectivity index (χ4n) is 4.70. The van der Waals surface area contributed by atoms with E-state index >= 15 is 0 Å². The van der Waals surface area contributed by atoms with E-state index in [2.05, 4.69) is 4.99 Å². The molecule has 0 unspecified atom stereocenters. The van der Waals surface area contributed by atoms with Crippen LogP contribution < -0.4 is 29.1 Å². The summed E-state index contributed by atoms with van der Waals surface area (Å²) in [5, 5.41) is 0.383. The predicted octanol–water partition coefficient (Wildman–Crippen LogP) is 5.84. The lowest BCUT2D eigenvalue weighted by Crippen LogP contribution is -2.39. The number of halogens is 3. The molecule has 1 aliphatic heterocycles. The zero-order valence-corrected chi connectivity index (χ0v) is 26.3. The molecule has 3 aromatic carbocycles. The van der Waals surface area contributed by atoms with E-state index in [4.69, 9.17) is 42.1 Å². The molecule has 5 rings (SSSR count). The molecule has 0 aliphatic carbocycles. The summed E-state index contributed by atoms with van der Waals surface area (Å²) in [5.74, 6) is 0.198. The molecular weight excluding hydrogens is 630 g/mol. The molecule has 0 spiro atoms. The zero-order chi connectivity index (χ0) is 31.4. The summed E-state index contributed by atoms with van der Waals surface area (Å²) in [6, 6.07) is 13.9. The van der Waals surface area contributed by atoms with E-state index in [0.717, 1.165) is 11.3 Å². The van der Waals surface area contributed by atoms with Crippen LogP contribution in [0.2, 0.25) is 10.0 Å². The van der Waals surface area contributed by atoms with Crippen LogP contribution in [0.5, 0.6) is 17.2 Å². The van der Waals surface area contributed by atoms with Crippen LogP contribution >= 0.6 is 34.5 Å². The quantitative estimate of drug-likeness (QED) is 0.199. The average Bonchev–Trinajstić information content (AvgIpc) is 3.32. The van der Waals surface area contributed by atoms with Crippen molar-refractivity contribution in [3.63, 3.8) is 0 Å². The van der Waals surface area contributed by atoms with Crippen LogP contribution in [0.15, 0.2) is 76.2 Å². The fourth-order valence-corrected chi connectivity index (χ4v) is 6.29. The Morgan fingerprint density at radius 2 is 1.73 bits per heavy atom. The van der Waals surface area contributed by atoms with Crippen LogP contribution in [0.3, 0.4) is 0 Å². The van der Waals surface area contributed by atoms with Gasteiger partial charge in [0.2, 0.25) is 0 Å². The number of carbonyl (C=O) groups excluding carboxylic acids is 1. The van der Waals surface area contributed by atoms with Crippen LogP contribution in [0, 0.1) is 5.82 Å². The summed E-state index contributed by atoms with van der Waals surface area (Å²) in [7, 11) is 1.27. The molecule has 0 radical (unpaired) electrons. The molecule has 228 valence electrons. The number of rotatable bonds is 10. The molecule has 1 aromatic heterocycles. The van der Waals surface area contributed by atoms with Gasteiger partial charge in [0.15, 0.2) is 22.0 Å². The van der Waals surface area contributed by atoms with E-state index in [9.17, 15) is 14.0 Å². The minimum absolute atomic E-state index is 0.0663. The lowest BCUT2D eigenvalue weighted by molar-refractivity contribution is -0.136. The number of hydrogen-bond acceptors (Lipinski definition) is 8. The van der Waals surface area contributed by atoms with Gasteiger partial charge in [0, 0.05) is 11.8 Å². The Balaban J connectivity index is 1.55. The third-order valence-electron chi connectivity index (χ3n) is 6.66. The van der Waals surface area contributed by atoms with Crippen molar-refractivity contribution in [3.8, 4) is 17.2 Å². The minimum atomic E-state index is -0.836. The summed E-state index contributed by atoms with van der Waals surface area (Å²) < 4.78 is 38.0. The van der Waals surface area contributed by atoms with Crippen LogP contribution in [0.4, 0.5) is 4.39 Å². The average molecular weight is 658 g/mol. The molecule has 12 heteroatoms. The van der Waals surface area contributed by atoms with Crippen molar-refractivity contribution in [2.75, 3.05) is 20.3 Å². The first kappa shape index (κ1) is 31.3. The summed E-state index contributed by atoms with van der Waals surface area (Å²) >= 11 is 14.1. The highest BCUT2D eigenvalue weighted by Crippen LogP contribution is 2.36. The highest BCUT2D eigenvalue weighted by molar-refractivity contribution is 7.07. The van der Waals surface area contributed by atoms with Crippen LogP contribution in [0.25, 0.3) is 6.08 Å². The van der Waals surface area contributed by atoms with Crippen LogP contribution in [-0.2, 0) is 16.1 Å². The Kier molecular flexibility index (Phi) is 9.73. The first-order chi connectivity index (χ1) is 21.2. The van der Waals surface area contributed by atoms with Gasteiger partial charge in [-0.3, -0.25) is 9.36 Å². The number of methoxy groups -OCH3 is 1. The standard InChI is InChI=1S/C32H27Cl2FN2O6S/c1-4-41-25-11-10-19(15-26(25)42-5-2)28-21(31(39)40-3)16-36-32-37(28)30(38)27(44-32)14-18-12-22(33)29(23(34)13-18)43-17-20-8-6-7-9-24(20)35/h6-16,28H,4-5,17H2,1-3H3/b27-14-/t28-/m0/s1. The SMILES string of the molecule is CCOc1ccc([C@H]2C(C(=O)OC)=CN=c3s/c(=C\c4cc(Cl)c(OCc5ccccc5F)c(Cl)c4)c(=O)n32)cc1OCC. The van der Waals surface area contributed by atoms with Gasteiger partial charge >= 0.3 is 5.97 Å². The third kappa shape index (κ3) is 6.38. The van der Waals surface area contributed by atoms with Gasteiger partial charge in [-0.1, -0.05) is 58.8 Å². The van der Waals surface area contributed by atoms with Gasteiger partial charge in [-0.05, 0) is 61.4 Å². The Morgan fingerprint density at radius 1 is 1.02 bits per heavy atom. The third-order valence-corrected chi connectivity index (χ3v) is 8.21. The summed E-state index contributed by atoms with van der Waals surface area (Å²) in [6.07, 6.45) is 3.04. The van der Waals surface area contributed by atoms with E-state index in [0.29, 0.717) is 50.7 Å². The van der Waals surface area contributed by atoms with Gasteiger partial charge in [0.1, 0.15) is 12.4 Å². The van der Waals surface area contributed by atoms with E-state index < -0.39 is 17.8 Å². The predicted molar refractivity (Wildman–Crippen MR) is 167 cm³/mol. The lowest BCUT2D eigenvalue weighted by atomic mass is 9.97. The normalized spacial score (nSPS) is 14.4. The number of benzene rings is 3. The molecule has 44 heavy (non-hydrogen) atoms. The monoisotopic (exact) mass is 656 g/mol. The zero-order valence-electron chi connectivity index (χ0n) is 23.9. The Hall–Kier alpha value is -4.12. The summed E-state index contributed by atoms with van der Waals surface area (Å²) in [6.45, 7) is 4.49. The molecular formula is C32H27Cl2FN2O6S. The number of fused-ring (bicyclic) bond motifs is 1. The number of aromatic nitrogens is 1. The van der Waals surface area contributed by atoms with Crippen molar-refractivity contribution >= 4 is 46.6 Å². The maximum atomic E-state index is 14.0. The van der Waals surface area contributed by atoms with Crippen molar-refractivity contribution in [1.29, 1.82) is 0 Å². The van der Waals surface area contributed by atoms with Crippen molar-refractivity contribution in [2.24, 2.45) is 4.99 Å². The van der Waals surface area contributed by atoms with E-state index in [-0.39, 0.29) is 33.5 Å². The molecule has 0 bridgehead atoms. The molecule has 0 saturated carbocycles. The maximum absolute atomic E-state index is 14.0. The van der Waals surface area contributed by atoms with Gasteiger partial charge in [0.05, 0.1) is 46.5 Å². The minimum Gasteiger partial charge on any atom is -0.490 e. The molecule has 2 heterocycles. The summed E-state index contributed by atoms with van der Waals surface area (Å²) in [5.41, 5.74) is 1.30. The number of thiazole rings is 1. The second kappa shape index (κ2) is 13.7. The Morgan fingerprint density at radius 3 is 2.41 bits per heavy atom. The van der Waals surface area contributed by atoms with Gasteiger partial charge in [-0.25, -0.2) is 14.2 Å². The molecule has 0 fully saturated rings. The van der Waals surface area contributed by atoms with E-state index in [1.807, 2.05) is 13.8 Å². The van der Waals surface area contributed by atoms with Crippen molar-refractivity contribution in [2.45, 2.75) is 26.5 Å². The highest BCUT2D eigenvalue weighted by atomic mass is 35.5. The molecule has 1 atom stereocenters. The number of esters is 1. The first-order valence-electron chi connectivity index (χ1n) is 13.6. The first-order valence-corrected chi connectivity index (χ1v) is 15.2. The van der Waals surface area contributed by atoms with Gasteiger partial charge in [-0.15, -0.1) is 0 Å². The number of hydrogen-bond donors (Lipinski definition) is 0. The number of nitrogens with zero attached hydrogens (tertiary/aromatic N) is 2. The Bertz CT molecular complexity index is 1910. The highest BCUT2D eigenvalue weighted by Gasteiger charge is 2.31. The molecule has 4 aromatic rings. The topological polar surface area (TPSA) is 88.4 Å². The van der Waals surface area contributed by atoms with Gasteiger partial charge in [0.25, 0.3) is 5.56 Å². The molecule has 0 saturated heterocycles. The second-order valence-corrected chi connectivity index (χ2v) is 11.3. The number of carbonyl (C=O) groups is 1. The summed E-state index contributed by atoms with van der Waals surface area (Å²) in [4.78, 5) is 31.5. The van der Waals surface area contributed by atoms with Crippen molar-refractivity contribution < 1.29 is 28.1 Å². The van der Waals surface area contributed by atoms with Crippen molar-refractivity contribution in [1.82, 2.24) is 4.57 Å². The van der Waals surface area contributed by atoms with Gasteiger partial charge in [-0.2, -0.15) is 0 Å². The van der Waals surface area contributed by atoms with Crippen molar-refractivity contribution in [3.05, 3.63) is 119 Å². The van der Waals surface area contributed by atoms with Crippen LogP contribution in [0.1, 0.15) is 36.6 Å². The van der Waals surface area contributed by atoms with E-state index in [1.165, 1.54) is 23.9 Å². The molecule has 1 aliphatic rings. The molecule has 0 N–H and O–H groups in total. The molecule has 8 nitrogen and oxygen atoms in total. The fraction of sp³-hybridized carbons (Fsp3) is 0.219. The van der Waals surface area contributed by atoms with Crippen LogP contribution in [-0.4, -0.2) is 30.9 Å². The van der Waals surface area contributed by atoms with Gasteiger partial charge < -0.3 is 18.9 Å². The van der Waals surface area contributed by atoms with E-state index in [1.54, 1.807) is 54.6 Å². The molecule has 0 amide bonds.